The number of hydrogen-bond donors (Lipinski definition) is 1. The first-order chi connectivity index (χ1) is 11.7. The number of para-hydroxylation sites is 1. The lowest BCUT2D eigenvalue weighted by Crippen LogP contribution is -2.47. The van der Waals surface area contributed by atoms with Crippen LogP contribution >= 0.6 is 0 Å². The van der Waals surface area contributed by atoms with Crippen molar-refractivity contribution < 1.29 is 19.1 Å². The van der Waals surface area contributed by atoms with Gasteiger partial charge in [-0.2, -0.15) is 0 Å². The molecule has 2 heterocycles. The quantitative estimate of drug-likeness (QED) is 0.844. The molecule has 1 aliphatic rings. The average molecular weight is 328 g/mol. The largest absolute Gasteiger partial charge is 0.467 e. The molecular weight excluding hydrogens is 308 g/mol. The third-order valence-corrected chi connectivity index (χ3v) is 4.09. The number of carbonyl (C=O) groups is 2. The number of fused-ring (bicyclic) bond motifs is 1. The maximum atomic E-state index is 12.2. The first kappa shape index (κ1) is 16.4. The number of aromatic nitrogens is 1. The molecule has 1 saturated heterocycles. The molecule has 1 aromatic carbocycles. The number of carbonyl (C=O) groups excluding carboxylic acids is 2. The highest BCUT2D eigenvalue weighted by Crippen LogP contribution is 2.15. The Balaban J connectivity index is 1.75. The third kappa shape index (κ3) is 3.71. The van der Waals surface area contributed by atoms with E-state index in [2.05, 4.69) is 10.3 Å². The Morgan fingerprint density at radius 1 is 1.33 bits per heavy atom. The summed E-state index contributed by atoms with van der Waals surface area (Å²) in [7, 11) is 1.31. The summed E-state index contributed by atoms with van der Waals surface area (Å²) in [6.45, 7) is 0.577. The van der Waals surface area contributed by atoms with Gasteiger partial charge in [0, 0.05) is 24.1 Å². The Morgan fingerprint density at radius 2 is 2.17 bits per heavy atom. The van der Waals surface area contributed by atoms with Crippen molar-refractivity contribution in [3.8, 4) is 0 Å². The maximum absolute atomic E-state index is 12.2. The smallest absolute Gasteiger partial charge is 0.328 e. The van der Waals surface area contributed by atoms with Gasteiger partial charge in [-0.15, -0.1) is 0 Å². The Kier molecular flexibility index (Phi) is 5.05. The van der Waals surface area contributed by atoms with Crippen LogP contribution in [0.1, 0.15) is 18.5 Å². The molecule has 1 N–H and O–H groups in total. The molecule has 0 radical (unpaired) electrons. The molecule has 1 amide bonds. The third-order valence-electron chi connectivity index (χ3n) is 4.09. The van der Waals surface area contributed by atoms with E-state index in [0.29, 0.717) is 13.0 Å². The van der Waals surface area contributed by atoms with E-state index in [4.69, 9.17) is 9.47 Å². The monoisotopic (exact) mass is 328 g/mol. The molecule has 126 valence electrons. The molecule has 0 unspecified atom stereocenters. The molecule has 2 aromatic rings. The number of hydrogen-bond acceptors (Lipinski definition) is 5. The number of nitrogens with zero attached hydrogens (tertiary/aromatic N) is 1. The van der Waals surface area contributed by atoms with Gasteiger partial charge in [0.2, 0.25) is 5.91 Å². The molecule has 0 spiro atoms. The SMILES string of the molecule is COC(=O)[C@H](Cc1ccc2ccccc2n1)NC(=O)[C@@H]1CCCO1. The lowest BCUT2D eigenvalue weighted by Gasteiger charge is -2.18. The number of nitrogens with one attached hydrogen (secondary N) is 1. The highest BCUT2D eigenvalue weighted by Gasteiger charge is 2.29. The summed E-state index contributed by atoms with van der Waals surface area (Å²) in [5.41, 5.74) is 1.57. The molecule has 24 heavy (non-hydrogen) atoms. The van der Waals surface area contributed by atoms with Gasteiger partial charge >= 0.3 is 5.97 Å². The number of methoxy groups -OCH3 is 1. The fraction of sp³-hybridized carbons (Fsp3) is 0.389. The number of ether oxygens (including phenoxy) is 2. The Morgan fingerprint density at radius 3 is 2.92 bits per heavy atom. The second-order valence-electron chi connectivity index (χ2n) is 5.79. The summed E-state index contributed by atoms with van der Waals surface area (Å²) in [6, 6.07) is 10.8. The summed E-state index contributed by atoms with van der Waals surface area (Å²) in [6.07, 6.45) is 1.32. The van der Waals surface area contributed by atoms with Gasteiger partial charge in [0.1, 0.15) is 12.1 Å². The summed E-state index contributed by atoms with van der Waals surface area (Å²) < 4.78 is 10.2. The summed E-state index contributed by atoms with van der Waals surface area (Å²) in [5, 5.41) is 3.75. The molecule has 2 atom stereocenters. The van der Waals surface area contributed by atoms with Crippen LogP contribution in [0.5, 0.6) is 0 Å². The number of rotatable bonds is 5. The highest BCUT2D eigenvalue weighted by molar-refractivity contribution is 5.87. The van der Waals surface area contributed by atoms with Gasteiger partial charge < -0.3 is 14.8 Å². The molecule has 6 heteroatoms. The fourth-order valence-corrected chi connectivity index (χ4v) is 2.82. The van der Waals surface area contributed by atoms with Gasteiger partial charge in [-0.25, -0.2) is 4.79 Å². The second-order valence-corrected chi connectivity index (χ2v) is 5.79. The number of esters is 1. The number of benzene rings is 1. The van der Waals surface area contributed by atoms with E-state index in [0.717, 1.165) is 23.0 Å². The molecule has 3 rings (SSSR count). The minimum atomic E-state index is -0.777. The normalized spacial score (nSPS) is 18.3. The van der Waals surface area contributed by atoms with Gasteiger partial charge in [0.05, 0.1) is 12.6 Å². The summed E-state index contributed by atoms with van der Waals surface area (Å²) >= 11 is 0. The van der Waals surface area contributed by atoms with E-state index in [9.17, 15) is 9.59 Å². The minimum absolute atomic E-state index is 0.274. The van der Waals surface area contributed by atoms with Crippen LogP contribution in [0.3, 0.4) is 0 Å². The second kappa shape index (κ2) is 7.40. The molecule has 1 aliphatic heterocycles. The van der Waals surface area contributed by atoms with Crippen LogP contribution in [0.15, 0.2) is 36.4 Å². The van der Waals surface area contributed by atoms with Gasteiger partial charge in [0.15, 0.2) is 0 Å². The van der Waals surface area contributed by atoms with E-state index in [1.165, 1.54) is 7.11 Å². The first-order valence-corrected chi connectivity index (χ1v) is 8.02. The van der Waals surface area contributed by atoms with Gasteiger partial charge in [-0.1, -0.05) is 24.3 Å². The van der Waals surface area contributed by atoms with E-state index in [1.54, 1.807) is 0 Å². The van der Waals surface area contributed by atoms with E-state index >= 15 is 0 Å². The number of pyridine rings is 1. The molecular formula is C18H20N2O4. The predicted molar refractivity (Wildman–Crippen MR) is 88.4 cm³/mol. The summed E-state index contributed by atoms with van der Waals surface area (Å²) in [5.74, 6) is -0.764. The van der Waals surface area contributed by atoms with Crippen molar-refractivity contribution in [1.29, 1.82) is 0 Å². The van der Waals surface area contributed by atoms with Crippen molar-refractivity contribution >= 4 is 22.8 Å². The van der Waals surface area contributed by atoms with Crippen molar-refractivity contribution in [2.45, 2.75) is 31.4 Å². The maximum Gasteiger partial charge on any atom is 0.328 e. The zero-order chi connectivity index (χ0) is 16.9. The van der Waals surface area contributed by atoms with Crippen LogP contribution in [0.2, 0.25) is 0 Å². The van der Waals surface area contributed by atoms with Crippen LogP contribution in [-0.4, -0.2) is 42.7 Å². The van der Waals surface area contributed by atoms with Crippen molar-refractivity contribution in [3.05, 3.63) is 42.1 Å². The van der Waals surface area contributed by atoms with Crippen molar-refractivity contribution in [3.63, 3.8) is 0 Å². The predicted octanol–water partition coefficient (Wildman–Crippen LogP) is 1.61. The van der Waals surface area contributed by atoms with Crippen molar-refractivity contribution in [2.75, 3.05) is 13.7 Å². The van der Waals surface area contributed by atoms with Crippen LogP contribution in [0, 0.1) is 0 Å². The van der Waals surface area contributed by atoms with Crippen LogP contribution in [0.25, 0.3) is 10.9 Å². The molecule has 0 bridgehead atoms. The average Bonchev–Trinajstić information content (AvgIpc) is 3.15. The Bertz CT molecular complexity index is 741. The lowest BCUT2D eigenvalue weighted by atomic mass is 10.1. The van der Waals surface area contributed by atoms with Gasteiger partial charge in [-0.05, 0) is 25.0 Å². The molecule has 6 nitrogen and oxygen atoms in total. The Hall–Kier alpha value is -2.47. The van der Waals surface area contributed by atoms with E-state index in [1.807, 2.05) is 36.4 Å². The van der Waals surface area contributed by atoms with Gasteiger partial charge in [-0.3, -0.25) is 9.78 Å². The van der Waals surface area contributed by atoms with Gasteiger partial charge in [0.25, 0.3) is 0 Å². The number of amides is 1. The van der Waals surface area contributed by atoms with Crippen LogP contribution in [-0.2, 0) is 25.5 Å². The van der Waals surface area contributed by atoms with Crippen molar-refractivity contribution in [1.82, 2.24) is 10.3 Å². The summed E-state index contributed by atoms with van der Waals surface area (Å²) in [4.78, 5) is 28.8. The minimum Gasteiger partial charge on any atom is -0.467 e. The fourth-order valence-electron chi connectivity index (χ4n) is 2.82. The first-order valence-electron chi connectivity index (χ1n) is 8.02. The molecule has 0 saturated carbocycles. The molecule has 0 aliphatic carbocycles. The zero-order valence-electron chi connectivity index (χ0n) is 13.5. The standard InChI is InChI=1S/C18H20N2O4/c1-23-18(22)15(20-17(21)16-7-4-10-24-16)11-13-9-8-12-5-2-3-6-14(12)19-13/h2-3,5-6,8-9,15-16H,4,7,10-11H2,1H3,(H,20,21)/t15-,16-/m0/s1. The molecule has 1 fully saturated rings. The van der Waals surface area contributed by atoms with Crippen LogP contribution in [0.4, 0.5) is 0 Å². The van der Waals surface area contributed by atoms with Crippen molar-refractivity contribution in [2.24, 2.45) is 0 Å². The van der Waals surface area contributed by atoms with Crippen LogP contribution < -0.4 is 5.32 Å². The van der Waals surface area contributed by atoms with E-state index < -0.39 is 18.1 Å². The van der Waals surface area contributed by atoms with E-state index in [-0.39, 0.29) is 12.3 Å². The zero-order valence-corrected chi connectivity index (χ0v) is 13.5. The lowest BCUT2D eigenvalue weighted by molar-refractivity contribution is -0.146. The topological polar surface area (TPSA) is 77.5 Å². The Labute approximate surface area is 140 Å². The molecule has 1 aromatic heterocycles. The highest BCUT2D eigenvalue weighted by atomic mass is 16.5.